The van der Waals surface area contributed by atoms with E-state index in [9.17, 15) is 4.79 Å². The summed E-state index contributed by atoms with van der Waals surface area (Å²) in [5.74, 6) is 1.88. The number of allylic oxidation sites excluding steroid dienone is 4. The maximum absolute atomic E-state index is 12.2. The average Bonchev–Trinajstić information content (AvgIpc) is 3.24. The quantitative estimate of drug-likeness (QED) is 0.406. The van der Waals surface area contributed by atoms with E-state index < -0.39 is 0 Å². The predicted molar refractivity (Wildman–Crippen MR) is 142 cm³/mol. The maximum Gasteiger partial charge on any atom is 0.220 e. The van der Waals surface area contributed by atoms with E-state index >= 15 is 0 Å². The Labute approximate surface area is 206 Å². The molecule has 0 radical (unpaired) electrons. The zero-order valence-electron chi connectivity index (χ0n) is 20.4. The summed E-state index contributed by atoms with van der Waals surface area (Å²) >= 11 is 0. The Kier molecular flexibility index (Phi) is 8.08. The van der Waals surface area contributed by atoms with Crippen LogP contribution in [0.15, 0.2) is 61.5 Å². The van der Waals surface area contributed by atoms with Crippen LogP contribution in [0.25, 0.3) is 28.2 Å². The molecule has 3 aromatic heterocycles. The van der Waals surface area contributed by atoms with Gasteiger partial charge in [0.2, 0.25) is 5.91 Å². The molecule has 0 saturated heterocycles. The van der Waals surface area contributed by atoms with Crippen LogP contribution in [0.2, 0.25) is 0 Å². The van der Waals surface area contributed by atoms with Gasteiger partial charge in [-0.2, -0.15) is 0 Å². The van der Waals surface area contributed by atoms with Crippen LogP contribution in [0.4, 0.5) is 5.82 Å². The first-order valence-electron chi connectivity index (χ1n) is 12.4. The van der Waals surface area contributed by atoms with Gasteiger partial charge in [-0.1, -0.05) is 50.8 Å². The van der Waals surface area contributed by atoms with Crippen molar-refractivity contribution in [3.8, 4) is 11.4 Å². The number of nitrogens with two attached hydrogens (primary N) is 1. The summed E-state index contributed by atoms with van der Waals surface area (Å²) in [4.78, 5) is 25.9. The molecule has 35 heavy (non-hydrogen) atoms. The number of fused-ring (bicyclic) bond motifs is 1. The molecule has 0 atom stereocenters. The van der Waals surface area contributed by atoms with E-state index in [0.29, 0.717) is 36.2 Å². The van der Waals surface area contributed by atoms with Crippen LogP contribution in [0, 0.1) is 12.8 Å². The molecule has 0 bridgehead atoms. The van der Waals surface area contributed by atoms with Crippen molar-refractivity contribution in [2.45, 2.75) is 51.9 Å². The zero-order chi connectivity index (χ0) is 24.6. The first-order valence-corrected chi connectivity index (χ1v) is 12.4. The molecule has 0 spiro atoms. The summed E-state index contributed by atoms with van der Waals surface area (Å²) in [5, 5.41) is 2.99. The van der Waals surface area contributed by atoms with Crippen molar-refractivity contribution in [3.05, 3.63) is 67.0 Å². The Balaban J connectivity index is 1.49. The van der Waals surface area contributed by atoms with Crippen molar-refractivity contribution in [2.24, 2.45) is 5.92 Å². The van der Waals surface area contributed by atoms with Crippen LogP contribution in [-0.2, 0) is 4.79 Å². The number of aromatic nitrogens is 4. The van der Waals surface area contributed by atoms with Crippen molar-refractivity contribution in [1.82, 2.24) is 24.8 Å². The number of carbonyl (C=O) groups is 1. The van der Waals surface area contributed by atoms with Crippen LogP contribution in [0.1, 0.15) is 50.5 Å². The van der Waals surface area contributed by atoms with E-state index in [0.717, 1.165) is 28.8 Å². The molecule has 3 N–H and O–H groups in total. The lowest BCUT2D eigenvalue weighted by atomic mass is 9.86. The van der Waals surface area contributed by atoms with Crippen LogP contribution in [0.3, 0.4) is 0 Å². The molecule has 0 aromatic carbocycles. The largest absolute Gasteiger partial charge is 0.383 e. The molecule has 1 aliphatic carbocycles. The van der Waals surface area contributed by atoms with Gasteiger partial charge >= 0.3 is 0 Å². The van der Waals surface area contributed by atoms with Gasteiger partial charge < -0.3 is 11.1 Å². The molecule has 3 heterocycles. The first-order chi connectivity index (χ1) is 17.1. The van der Waals surface area contributed by atoms with Crippen LogP contribution in [-0.4, -0.2) is 32.0 Å². The predicted octanol–water partition coefficient (Wildman–Crippen LogP) is 5.44. The van der Waals surface area contributed by atoms with Gasteiger partial charge in [-0.3, -0.25) is 9.36 Å². The zero-order valence-corrected chi connectivity index (χ0v) is 20.4. The minimum atomic E-state index is 0.114. The fraction of sp³-hybridized carbons (Fsp3) is 0.357. The maximum atomic E-state index is 12.2. The molecule has 4 rings (SSSR count). The lowest BCUT2D eigenvalue weighted by Crippen LogP contribution is -2.24. The van der Waals surface area contributed by atoms with Gasteiger partial charge in [0.05, 0.1) is 5.56 Å². The molecule has 182 valence electrons. The second kappa shape index (κ2) is 11.6. The van der Waals surface area contributed by atoms with Crippen molar-refractivity contribution in [1.29, 1.82) is 0 Å². The molecule has 3 aromatic rings. The molecule has 7 nitrogen and oxygen atoms in total. The van der Waals surface area contributed by atoms with Gasteiger partial charge in [0.25, 0.3) is 0 Å². The number of carbonyl (C=O) groups excluding carboxylic acids is 1. The Bertz CT molecular complexity index is 1250. The highest BCUT2D eigenvalue weighted by atomic mass is 16.1. The number of hydrogen-bond donors (Lipinski definition) is 2. The normalized spacial score (nSPS) is 15.1. The van der Waals surface area contributed by atoms with Gasteiger partial charge in [-0.25, -0.2) is 15.0 Å². The lowest BCUT2D eigenvalue weighted by Gasteiger charge is -2.20. The highest BCUT2D eigenvalue weighted by Crippen LogP contribution is 2.30. The van der Waals surface area contributed by atoms with E-state index in [1.54, 1.807) is 12.3 Å². The number of pyridine rings is 2. The Morgan fingerprint density at radius 3 is 2.89 bits per heavy atom. The van der Waals surface area contributed by atoms with E-state index in [4.69, 9.17) is 10.7 Å². The van der Waals surface area contributed by atoms with E-state index in [1.807, 2.05) is 54.1 Å². The molecule has 1 fully saturated rings. The third-order valence-electron chi connectivity index (χ3n) is 6.51. The van der Waals surface area contributed by atoms with Crippen molar-refractivity contribution < 1.29 is 4.79 Å². The Morgan fingerprint density at radius 1 is 1.29 bits per heavy atom. The summed E-state index contributed by atoms with van der Waals surface area (Å²) in [5.41, 5.74) is 10.2. The fourth-order valence-electron chi connectivity index (χ4n) is 4.64. The Morgan fingerprint density at radius 2 is 2.11 bits per heavy atom. The van der Waals surface area contributed by atoms with Crippen LogP contribution >= 0.6 is 0 Å². The number of amides is 1. The molecule has 1 aliphatic rings. The fourth-order valence-corrected chi connectivity index (χ4v) is 4.64. The second-order valence-corrected chi connectivity index (χ2v) is 9.13. The van der Waals surface area contributed by atoms with Gasteiger partial charge in [-0.15, -0.1) is 0 Å². The molecule has 0 aliphatic heterocycles. The number of rotatable bonds is 9. The lowest BCUT2D eigenvalue weighted by molar-refractivity contribution is -0.121. The third kappa shape index (κ3) is 6.04. The number of nitrogens with zero attached hydrogens (tertiary/aromatic N) is 4. The summed E-state index contributed by atoms with van der Waals surface area (Å²) in [6, 6.07) is 5.73. The van der Waals surface area contributed by atoms with Crippen LogP contribution < -0.4 is 11.1 Å². The summed E-state index contributed by atoms with van der Waals surface area (Å²) in [6.45, 7) is 6.47. The minimum absolute atomic E-state index is 0.114. The van der Waals surface area contributed by atoms with E-state index in [-0.39, 0.29) is 5.91 Å². The molecule has 1 saturated carbocycles. The summed E-state index contributed by atoms with van der Waals surface area (Å²) in [6.07, 6.45) is 19.1. The molecular weight excluding hydrogens is 436 g/mol. The van der Waals surface area contributed by atoms with Crippen molar-refractivity contribution >= 4 is 28.6 Å². The first kappa shape index (κ1) is 24.4. The number of imidazole rings is 1. The molecule has 7 heteroatoms. The highest BCUT2D eigenvalue weighted by Gasteiger charge is 2.18. The molecular formula is C28H34N6O. The molecule has 0 unspecified atom stereocenters. The Hall–Kier alpha value is -3.74. The third-order valence-corrected chi connectivity index (χ3v) is 6.51. The SMILES string of the molecule is C=CC(=CC=CCNC(=O)CCC1CCCCC1)n1c(-c2cccnc2N)nc2cc(C)cnc21. The van der Waals surface area contributed by atoms with Crippen LogP contribution in [0.5, 0.6) is 0 Å². The smallest absolute Gasteiger partial charge is 0.220 e. The van der Waals surface area contributed by atoms with Gasteiger partial charge in [0.1, 0.15) is 11.3 Å². The average molecular weight is 471 g/mol. The van der Waals surface area contributed by atoms with E-state index in [2.05, 4.69) is 21.9 Å². The topological polar surface area (TPSA) is 98.7 Å². The number of anilines is 1. The number of nitrogens with one attached hydrogen (secondary N) is 1. The van der Waals surface area contributed by atoms with Gasteiger partial charge in [-0.05, 0) is 55.2 Å². The van der Waals surface area contributed by atoms with E-state index in [1.165, 1.54) is 32.1 Å². The summed E-state index contributed by atoms with van der Waals surface area (Å²) < 4.78 is 1.93. The second-order valence-electron chi connectivity index (χ2n) is 9.13. The van der Waals surface area contributed by atoms with Gasteiger partial charge in [0, 0.05) is 31.1 Å². The number of aryl methyl sites for hydroxylation is 1. The standard InChI is InChI=1S/C28H34N6O/c1-3-22(12-7-8-16-30-25(35)15-14-21-10-5-4-6-11-21)34-27(23-13-9-17-31-26(23)29)33-24-18-20(2)19-32-28(24)34/h3,7-9,12-13,17-19,21H,1,4-6,10-11,14-16H2,2H3,(H2,29,31)(H,30,35). The number of nitrogen functional groups attached to an aromatic ring is 1. The molecule has 1 amide bonds. The van der Waals surface area contributed by atoms with Crippen molar-refractivity contribution in [2.75, 3.05) is 12.3 Å². The van der Waals surface area contributed by atoms with Gasteiger partial charge in [0.15, 0.2) is 11.5 Å². The minimum Gasteiger partial charge on any atom is -0.383 e. The van der Waals surface area contributed by atoms with Crippen molar-refractivity contribution in [3.63, 3.8) is 0 Å². The summed E-state index contributed by atoms with van der Waals surface area (Å²) in [7, 11) is 0. The highest BCUT2D eigenvalue weighted by molar-refractivity contribution is 5.86. The monoisotopic (exact) mass is 470 g/mol. The number of hydrogen-bond acceptors (Lipinski definition) is 5.